The summed E-state index contributed by atoms with van der Waals surface area (Å²) < 4.78 is 4.77. The molecule has 0 aliphatic carbocycles. The summed E-state index contributed by atoms with van der Waals surface area (Å²) in [6, 6.07) is 10.2. The van der Waals surface area contributed by atoms with Crippen LogP contribution in [0, 0.1) is 3.95 Å². The van der Waals surface area contributed by atoms with Gasteiger partial charge in [0.2, 0.25) is 0 Å². The van der Waals surface area contributed by atoms with Gasteiger partial charge in [-0.15, -0.1) is 6.58 Å². The van der Waals surface area contributed by atoms with E-state index in [-0.39, 0.29) is 11.5 Å². The van der Waals surface area contributed by atoms with Crippen LogP contribution in [-0.4, -0.2) is 14.1 Å². The van der Waals surface area contributed by atoms with Crippen molar-refractivity contribution in [3.05, 3.63) is 69.2 Å². The van der Waals surface area contributed by atoms with E-state index in [1.165, 1.54) is 16.9 Å². The highest BCUT2D eigenvalue weighted by atomic mass is 32.1. The topological polar surface area (TPSA) is 39.8 Å². The van der Waals surface area contributed by atoms with Gasteiger partial charge in [-0.2, -0.15) is 0 Å². The van der Waals surface area contributed by atoms with Crippen LogP contribution < -0.4 is 5.56 Å². The fourth-order valence-corrected chi connectivity index (χ4v) is 3.89. The van der Waals surface area contributed by atoms with Gasteiger partial charge >= 0.3 is 0 Å². The van der Waals surface area contributed by atoms with E-state index in [4.69, 9.17) is 12.2 Å². The van der Waals surface area contributed by atoms with Crippen LogP contribution in [0.5, 0.6) is 0 Å². The highest BCUT2D eigenvalue weighted by molar-refractivity contribution is 7.73. The van der Waals surface area contributed by atoms with E-state index < -0.39 is 0 Å². The van der Waals surface area contributed by atoms with E-state index in [0.29, 0.717) is 27.4 Å². The summed E-state index contributed by atoms with van der Waals surface area (Å²) >= 11 is 6.65. The van der Waals surface area contributed by atoms with Crippen LogP contribution in [-0.2, 0) is 13.1 Å². The molecule has 3 aromatic rings. The van der Waals surface area contributed by atoms with E-state index in [9.17, 15) is 4.79 Å². The Morgan fingerprint density at radius 3 is 2.83 bits per heavy atom. The predicted octanol–water partition coefficient (Wildman–Crippen LogP) is 3.98. The van der Waals surface area contributed by atoms with E-state index in [0.717, 1.165) is 0 Å². The number of nitrogens with zero attached hydrogens (tertiary/aromatic N) is 3. The molecule has 2 heterocycles. The van der Waals surface area contributed by atoms with Gasteiger partial charge in [-0.05, 0) is 23.7 Å². The van der Waals surface area contributed by atoms with E-state index in [2.05, 4.69) is 30.6 Å². The third-order valence-corrected chi connectivity index (χ3v) is 5.22. The Bertz CT molecular complexity index is 953. The zero-order valence-electron chi connectivity index (χ0n) is 12.8. The second-order valence-electron chi connectivity index (χ2n) is 5.43. The SMILES string of the molecule is C=CCn1c(=S)sc2c(=O)n(CC(C)c3ccccc3)cnc21. The van der Waals surface area contributed by atoms with Crippen molar-refractivity contribution in [3.8, 4) is 0 Å². The van der Waals surface area contributed by atoms with Gasteiger partial charge in [0, 0.05) is 13.1 Å². The van der Waals surface area contributed by atoms with Crippen molar-refractivity contribution in [2.75, 3.05) is 0 Å². The molecule has 1 unspecified atom stereocenters. The molecule has 0 bridgehead atoms. The summed E-state index contributed by atoms with van der Waals surface area (Å²) in [5.41, 5.74) is 1.82. The Kier molecular flexibility index (Phi) is 4.54. The largest absolute Gasteiger partial charge is 0.304 e. The normalized spacial score (nSPS) is 12.4. The fraction of sp³-hybridized carbons (Fsp3) is 0.235. The minimum atomic E-state index is -0.0308. The first kappa shape index (κ1) is 15.8. The number of aromatic nitrogens is 3. The molecule has 0 amide bonds. The lowest BCUT2D eigenvalue weighted by Crippen LogP contribution is -2.22. The van der Waals surface area contributed by atoms with Gasteiger partial charge in [0.05, 0.1) is 6.33 Å². The summed E-state index contributed by atoms with van der Waals surface area (Å²) in [6.07, 6.45) is 3.37. The Morgan fingerprint density at radius 2 is 2.13 bits per heavy atom. The van der Waals surface area contributed by atoms with Gasteiger partial charge in [0.25, 0.3) is 5.56 Å². The number of thiazole rings is 1. The van der Waals surface area contributed by atoms with Gasteiger partial charge in [-0.25, -0.2) is 4.98 Å². The number of fused-ring (bicyclic) bond motifs is 1. The highest BCUT2D eigenvalue weighted by Gasteiger charge is 2.13. The minimum absolute atomic E-state index is 0.0308. The van der Waals surface area contributed by atoms with Crippen molar-refractivity contribution in [1.82, 2.24) is 14.1 Å². The minimum Gasteiger partial charge on any atom is -0.304 e. The van der Waals surface area contributed by atoms with Gasteiger partial charge in [-0.1, -0.05) is 54.7 Å². The van der Waals surface area contributed by atoms with Crippen LogP contribution in [0.15, 0.2) is 54.1 Å². The molecule has 0 N–H and O–H groups in total. The molecule has 1 aromatic carbocycles. The standard InChI is InChI=1S/C17H17N3OS2/c1-3-9-20-15-14(23-17(20)22)16(21)19(11-18-15)10-12(2)13-7-5-4-6-8-13/h3-8,11-12H,1,9-10H2,2H3. The van der Waals surface area contributed by atoms with Crippen molar-refractivity contribution in [2.45, 2.75) is 25.9 Å². The van der Waals surface area contributed by atoms with E-state index in [1.807, 2.05) is 22.8 Å². The number of rotatable bonds is 5. The molecule has 1 atom stereocenters. The van der Waals surface area contributed by atoms with E-state index in [1.54, 1.807) is 17.0 Å². The molecule has 0 spiro atoms. The molecule has 6 heteroatoms. The first-order valence-corrected chi connectivity index (χ1v) is 8.59. The van der Waals surface area contributed by atoms with Crippen molar-refractivity contribution in [2.24, 2.45) is 0 Å². The summed E-state index contributed by atoms with van der Waals surface area (Å²) in [5, 5.41) is 0. The lowest BCUT2D eigenvalue weighted by Gasteiger charge is -2.13. The molecule has 0 radical (unpaired) electrons. The predicted molar refractivity (Wildman–Crippen MR) is 97.8 cm³/mol. The summed E-state index contributed by atoms with van der Waals surface area (Å²) in [7, 11) is 0. The molecular formula is C17H17N3OS2. The number of benzene rings is 1. The molecular weight excluding hydrogens is 326 g/mol. The van der Waals surface area contributed by atoms with Gasteiger partial charge < -0.3 is 4.57 Å². The second-order valence-corrected chi connectivity index (χ2v) is 7.08. The maximum atomic E-state index is 12.7. The van der Waals surface area contributed by atoms with Crippen molar-refractivity contribution in [3.63, 3.8) is 0 Å². The summed E-state index contributed by atoms with van der Waals surface area (Å²) in [4.78, 5) is 17.2. The maximum absolute atomic E-state index is 12.7. The van der Waals surface area contributed by atoms with Crippen LogP contribution in [0.1, 0.15) is 18.4 Å². The average molecular weight is 343 g/mol. The molecule has 0 aliphatic heterocycles. The zero-order chi connectivity index (χ0) is 16.4. The van der Waals surface area contributed by atoms with Crippen molar-refractivity contribution >= 4 is 33.9 Å². The quantitative estimate of drug-likeness (QED) is 0.520. The molecule has 0 saturated heterocycles. The monoisotopic (exact) mass is 343 g/mol. The van der Waals surface area contributed by atoms with Crippen LogP contribution in [0.4, 0.5) is 0 Å². The van der Waals surface area contributed by atoms with Crippen molar-refractivity contribution < 1.29 is 0 Å². The maximum Gasteiger partial charge on any atom is 0.272 e. The first-order chi connectivity index (χ1) is 11.1. The smallest absolute Gasteiger partial charge is 0.272 e. The average Bonchev–Trinajstić information content (AvgIpc) is 2.88. The van der Waals surface area contributed by atoms with Gasteiger partial charge in [0.1, 0.15) is 4.70 Å². The molecule has 0 fully saturated rings. The molecule has 2 aromatic heterocycles. The lowest BCUT2D eigenvalue weighted by atomic mass is 10.0. The molecule has 23 heavy (non-hydrogen) atoms. The van der Waals surface area contributed by atoms with Gasteiger partial charge in [0.15, 0.2) is 9.60 Å². The second kappa shape index (κ2) is 6.60. The highest BCUT2D eigenvalue weighted by Crippen LogP contribution is 2.19. The molecule has 118 valence electrons. The van der Waals surface area contributed by atoms with Crippen LogP contribution in [0.25, 0.3) is 10.3 Å². The van der Waals surface area contributed by atoms with Crippen LogP contribution in [0.2, 0.25) is 0 Å². The van der Waals surface area contributed by atoms with E-state index >= 15 is 0 Å². The molecule has 3 rings (SSSR count). The molecule has 0 saturated carbocycles. The third kappa shape index (κ3) is 3.04. The van der Waals surface area contributed by atoms with Gasteiger partial charge in [-0.3, -0.25) is 9.36 Å². The Morgan fingerprint density at radius 1 is 1.39 bits per heavy atom. The fourth-order valence-electron chi connectivity index (χ4n) is 2.57. The first-order valence-electron chi connectivity index (χ1n) is 7.36. The number of hydrogen-bond donors (Lipinski definition) is 0. The Balaban J connectivity index is 2.00. The summed E-state index contributed by atoms with van der Waals surface area (Å²) in [5.74, 6) is 0.233. The number of hydrogen-bond acceptors (Lipinski definition) is 4. The molecule has 0 aliphatic rings. The summed E-state index contributed by atoms with van der Waals surface area (Å²) in [6.45, 7) is 6.99. The van der Waals surface area contributed by atoms with Crippen LogP contribution >= 0.6 is 23.6 Å². The van der Waals surface area contributed by atoms with Crippen LogP contribution in [0.3, 0.4) is 0 Å². The number of allylic oxidation sites excluding steroid dienone is 1. The molecule has 4 nitrogen and oxygen atoms in total. The van der Waals surface area contributed by atoms with Crippen molar-refractivity contribution in [1.29, 1.82) is 0 Å². The Labute approximate surface area is 143 Å². The Hall–Kier alpha value is -2.05. The zero-order valence-corrected chi connectivity index (χ0v) is 14.4. The third-order valence-electron chi connectivity index (χ3n) is 3.79. The lowest BCUT2D eigenvalue weighted by molar-refractivity contribution is 0.576.